The summed E-state index contributed by atoms with van der Waals surface area (Å²) >= 11 is 1.50. The molecule has 0 N–H and O–H groups in total. The van der Waals surface area contributed by atoms with Crippen LogP contribution in [0.25, 0.3) is 0 Å². The van der Waals surface area contributed by atoms with Crippen LogP contribution in [0.1, 0.15) is 22.5 Å². The van der Waals surface area contributed by atoms with E-state index < -0.39 is 0 Å². The minimum Gasteiger partial charge on any atom is -0.477 e. The van der Waals surface area contributed by atoms with E-state index in [4.69, 9.17) is 9.47 Å². The molecule has 3 unspecified atom stereocenters. The molecule has 4 rings (SSSR count). The van der Waals surface area contributed by atoms with Gasteiger partial charge in [-0.15, -0.1) is 11.3 Å². The Labute approximate surface area is 145 Å². The zero-order valence-corrected chi connectivity index (χ0v) is 14.2. The van der Waals surface area contributed by atoms with Gasteiger partial charge in [-0.2, -0.15) is 0 Å². The molecule has 2 aromatic heterocycles. The summed E-state index contributed by atoms with van der Waals surface area (Å²) in [5.41, 5.74) is 0. The molecular weight excluding hydrogens is 324 g/mol. The summed E-state index contributed by atoms with van der Waals surface area (Å²) in [6, 6.07) is 9.64. The maximum Gasteiger partial charge on any atom is 0.264 e. The van der Waals surface area contributed by atoms with Crippen molar-refractivity contribution in [1.82, 2.24) is 9.88 Å². The Morgan fingerprint density at radius 3 is 3.08 bits per heavy atom. The number of carbonyl (C=O) groups is 1. The van der Waals surface area contributed by atoms with Crippen LogP contribution in [-0.2, 0) is 4.74 Å². The van der Waals surface area contributed by atoms with Gasteiger partial charge >= 0.3 is 0 Å². The number of pyridine rings is 1. The predicted octanol–water partition coefficient (Wildman–Crippen LogP) is 2.84. The minimum absolute atomic E-state index is 0.125. The highest BCUT2D eigenvalue weighted by molar-refractivity contribution is 7.12. The fourth-order valence-electron chi connectivity index (χ4n) is 3.62. The van der Waals surface area contributed by atoms with Crippen molar-refractivity contribution in [2.24, 2.45) is 5.92 Å². The molecule has 3 heterocycles. The lowest BCUT2D eigenvalue weighted by Crippen LogP contribution is -2.51. The van der Waals surface area contributed by atoms with Gasteiger partial charge in [0.15, 0.2) is 0 Å². The average Bonchev–Trinajstić information content (AvgIpc) is 3.29. The third-order valence-electron chi connectivity index (χ3n) is 4.73. The highest BCUT2D eigenvalue weighted by atomic mass is 32.1. The van der Waals surface area contributed by atoms with E-state index in [2.05, 4.69) is 4.98 Å². The van der Waals surface area contributed by atoms with Crippen LogP contribution in [0.5, 0.6) is 5.88 Å². The second-order valence-electron chi connectivity index (χ2n) is 6.27. The van der Waals surface area contributed by atoms with Crippen molar-refractivity contribution in [2.75, 3.05) is 19.8 Å². The lowest BCUT2D eigenvalue weighted by molar-refractivity contribution is -0.0447. The number of carbonyl (C=O) groups excluding carboxylic acids is 1. The van der Waals surface area contributed by atoms with Gasteiger partial charge in [-0.25, -0.2) is 4.98 Å². The average molecular weight is 344 g/mol. The van der Waals surface area contributed by atoms with Crippen molar-refractivity contribution in [2.45, 2.75) is 25.0 Å². The molecule has 3 atom stereocenters. The van der Waals surface area contributed by atoms with Gasteiger partial charge in [-0.05, 0) is 36.3 Å². The molecule has 2 fully saturated rings. The maximum absolute atomic E-state index is 12.7. The SMILES string of the molecule is O=C(c1cccs1)N1CCOC2CC(COc3ccccn3)CC21. The Bertz CT molecular complexity index is 677. The van der Waals surface area contributed by atoms with Crippen LogP contribution in [0, 0.1) is 5.92 Å². The second-order valence-corrected chi connectivity index (χ2v) is 7.22. The van der Waals surface area contributed by atoms with Gasteiger partial charge in [0.2, 0.25) is 5.88 Å². The number of amides is 1. The van der Waals surface area contributed by atoms with E-state index in [-0.39, 0.29) is 18.1 Å². The third kappa shape index (κ3) is 3.16. The number of fused-ring (bicyclic) bond motifs is 1. The molecule has 6 heteroatoms. The summed E-state index contributed by atoms with van der Waals surface area (Å²) < 4.78 is 11.7. The number of thiophene rings is 1. The number of rotatable bonds is 4. The van der Waals surface area contributed by atoms with Gasteiger partial charge in [0, 0.05) is 18.8 Å². The fourth-order valence-corrected chi connectivity index (χ4v) is 4.30. The van der Waals surface area contributed by atoms with E-state index in [0.29, 0.717) is 31.6 Å². The van der Waals surface area contributed by atoms with Gasteiger partial charge in [0.1, 0.15) is 0 Å². The first-order valence-corrected chi connectivity index (χ1v) is 9.19. The van der Waals surface area contributed by atoms with Gasteiger partial charge < -0.3 is 14.4 Å². The van der Waals surface area contributed by atoms with Gasteiger partial charge in [-0.3, -0.25) is 4.79 Å². The number of ether oxygens (including phenoxy) is 2. The smallest absolute Gasteiger partial charge is 0.264 e. The summed E-state index contributed by atoms with van der Waals surface area (Å²) in [5.74, 6) is 1.17. The van der Waals surface area contributed by atoms with Gasteiger partial charge in [0.25, 0.3) is 5.91 Å². The molecule has 24 heavy (non-hydrogen) atoms. The second kappa shape index (κ2) is 6.91. The van der Waals surface area contributed by atoms with E-state index in [1.165, 1.54) is 11.3 Å². The predicted molar refractivity (Wildman–Crippen MR) is 91.3 cm³/mol. The third-order valence-corrected chi connectivity index (χ3v) is 5.59. The summed E-state index contributed by atoms with van der Waals surface area (Å²) in [4.78, 5) is 19.7. The van der Waals surface area contributed by atoms with Crippen LogP contribution in [0.2, 0.25) is 0 Å². The molecule has 0 spiro atoms. The van der Waals surface area contributed by atoms with Crippen molar-refractivity contribution in [3.63, 3.8) is 0 Å². The molecule has 0 radical (unpaired) electrons. The van der Waals surface area contributed by atoms with Crippen LogP contribution in [-0.4, -0.2) is 47.7 Å². The Morgan fingerprint density at radius 1 is 1.33 bits per heavy atom. The highest BCUT2D eigenvalue weighted by Crippen LogP contribution is 2.35. The molecule has 1 amide bonds. The molecule has 1 saturated carbocycles. The molecule has 1 saturated heterocycles. The summed E-state index contributed by atoms with van der Waals surface area (Å²) in [5, 5.41) is 1.95. The number of morpholine rings is 1. The molecule has 126 valence electrons. The number of nitrogens with zero attached hydrogens (tertiary/aromatic N) is 2. The van der Waals surface area contributed by atoms with Crippen LogP contribution >= 0.6 is 11.3 Å². The molecule has 0 bridgehead atoms. The molecule has 0 aromatic carbocycles. The normalized spacial score (nSPS) is 26.2. The number of hydrogen-bond acceptors (Lipinski definition) is 5. The molecule has 1 aliphatic heterocycles. The van der Waals surface area contributed by atoms with Crippen molar-refractivity contribution in [1.29, 1.82) is 0 Å². The van der Waals surface area contributed by atoms with Gasteiger partial charge in [-0.1, -0.05) is 12.1 Å². The summed E-state index contributed by atoms with van der Waals surface area (Å²) in [6.45, 7) is 1.91. The summed E-state index contributed by atoms with van der Waals surface area (Å²) in [6.07, 6.45) is 3.72. The first kappa shape index (κ1) is 15.6. The van der Waals surface area contributed by atoms with E-state index in [1.807, 2.05) is 40.6 Å². The number of hydrogen-bond donors (Lipinski definition) is 0. The van der Waals surface area contributed by atoms with E-state index in [1.54, 1.807) is 6.20 Å². The van der Waals surface area contributed by atoms with Crippen LogP contribution in [0.15, 0.2) is 41.9 Å². The van der Waals surface area contributed by atoms with Crippen LogP contribution in [0.3, 0.4) is 0 Å². The Hall–Kier alpha value is -1.92. The van der Waals surface area contributed by atoms with Crippen molar-refractivity contribution in [3.05, 3.63) is 46.8 Å². The zero-order chi connectivity index (χ0) is 16.4. The number of aromatic nitrogens is 1. The maximum atomic E-state index is 12.7. The monoisotopic (exact) mass is 344 g/mol. The molecular formula is C18H20N2O3S. The molecule has 5 nitrogen and oxygen atoms in total. The zero-order valence-electron chi connectivity index (χ0n) is 13.3. The van der Waals surface area contributed by atoms with E-state index >= 15 is 0 Å². The van der Waals surface area contributed by atoms with Crippen molar-refractivity contribution < 1.29 is 14.3 Å². The van der Waals surface area contributed by atoms with Crippen molar-refractivity contribution >= 4 is 17.2 Å². The quantitative estimate of drug-likeness (QED) is 0.856. The van der Waals surface area contributed by atoms with Crippen molar-refractivity contribution in [3.8, 4) is 5.88 Å². The lowest BCUT2D eigenvalue weighted by Gasteiger charge is -2.37. The van der Waals surface area contributed by atoms with Crippen LogP contribution < -0.4 is 4.74 Å². The Balaban J connectivity index is 1.40. The Kier molecular flexibility index (Phi) is 4.49. The molecule has 2 aromatic rings. The lowest BCUT2D eigenvalue weighted by atomic mass is 10.1. The molecule has 2 aliphatic rings. The van der Waals surface area contributed by atoms with E-state index in [0.717, 1.165) is 17.7 Å². The van der Waals surface area contributed by atoms with E-state index in [9.17, 15) is 4.79 Å². The fraction of sp³-hybridized carbons (Fsp3) is 0.444. The standard InChI is InChI=1S/C18H20N2O3S/c21-18(16-4-3-9-24-16)20-7-8-22-15-11-13(10-14(15)20)12-23-17-5-1-2-6-19-17/h1-6,9,13-15H,7-8,10-12H2. The topological polar surface area (TPSA) is 51.7 Å². The first-order chi connectivity index (χ1) is 11.8. The van der Waals surface area contributed by atoms with Crippen LogP contribution in [0.4, 0.5) is 0 Å². The highest BCUT2D eigenvalue weighted by Gasteiger charge is 2.43. The minimum atomic E-state index is 0.125. The van der Waals surface area contributed by atoms with Gasteiger partial charge in [0.05, 0.1) is 30.2 Å². The molecule has 1 aliphatic carbocycles. The Morgan fingerprint density at radius 2 is 2.29 bits per heavy atom. The summed E-state index contributed by atoms with van der Waals surface area (Å²) in [7, 11) is 0. The first-order valence-electron chi connectivity index (χ1n) is 8.31. The largest absolute Gasteiger partial charge is 0.477 e.